The predicted molar refractivity (Wildman–Crippen MR) is 159 cm³/mol. The fourth-order valence-electron chi connectivity index (χ4n) is 6.52. The highest BCUT2D eigenvalue weighted by molar-refractivity contribution is 7.12. The first kappa shape index (κ1) is 29.6. The van der Waals surface area contributed by atoms with E-state index in [0.717, 1.165) is 29.9 Å². The number of aliphatic hydroxyl groups is 1. The average Bonchev–Trinajstić information content (AvgIpc) is 3.62. The number of ketones is 1. The van der Waals surface area contributed by atoms with Gasteiger partial charge in [-0.3, -0.25) is 4.79 Å². The number of thiophene rings is 1. The highest BCUT2D eigenvalue weighted by Crippen LogP contribution is 2.46. The highest BCUT2D eigenvalue weighted by atomic mass is 32.1. The standard InChI is InChI=1S/C30H43N3O4SSi/c1-18(2)39(19(3)4,20(5)6)37-27-13-24(12-23(27)15-34)33-30-26(14-31-17-32-30)29(35)28-11-22(16-38-28)10-25-9-8-21(7)36-25/h8-9,11,14,16-20,23-24,27,34H,10,12-13,15H2,1-7H3,(H,31,32,33). The van der Waals surface area contributed by atoms with Gasteiger partial charge in [-0.2, -0.15) is 0 Å². The lowest BCUT2D eigenvalue weighted by Crippen LogP contribution is -2.51. The summed E-state index contributed by atoms with van der Waals surface area (Å²) in [6.07, 6.45) is 5.23. The van der Waals surface area contributed by atoms with Crippen LogP contribution in [0.4, 0.5) is 5.82 Å². The molecule has 3 aromatic heterocycles. The van der Waals surface area contributed by atoms with Crippen LogP contribution in [0.1, 0.15) is 86.7 Å². The molecule has 0 aromatic carbocycles. The minimum Gasteiger partial charge on any atom is -0.466 e. The molecular weight excluding hydrogens is 527 g/mol. The largest absolute Gasteiger partial charge is 0.466 e. The molecule has 3 heterocycles. The van der Waals surface area contributed by atoms with Gasteiger partial charge >= 0.3 is 0 Å². The number of carbonyl (C=O) groups excluding carboxylic acids is 1. The van der Waals surface area contributed by atoms with E-state index in [9.17, 15) is 9.90 Å². The molecule has 1 aliphatic carbocycles. The Morgan fingerprint density at radius 3 is 2.51 bits per heavy atom. The minimum absolute atomic E-state index is 0.0163. The summed E-state index contributed by atoms with van der Waals surface area (Å²) in [5, 5.41) is 15.8. The normalized spacial score (nSPS) is 19.9. The molecule has 1 fully saturated rings. The van der Waals surface area contributed by atoms with E-state index in [1.165, 1.54) is 17.7 Å². The third-order valence-electron chi connectivity index (χ3n) is 8.28. The quantitative estimate of drug-likeness (QED) is 0.179. The molecular formula is C30H43N3O4SSi. The summed E-state index contributed by atoms with van der Waals surface area (Å²) in [6.45, 7) is 15.7. The van der Waals surface area contributed by atoms with Crippen molar-refractivity contribution < 1.29 is 18.7 Å². The Balaban J connectivity index is 1.49. The Morgan fingerprint density at radius 2 is 1.90 bits per heavy atom. The van der Waals surface area contributed by atoms with Crippen molar-refractivity contribution in [3.05, 3.63) is 63.6 Å². The summed E-state index contributed by atoms with van der Waals surface area (Å²) < 4.78 is 12.8. The fraction of sp³-hybridized carbons (Fsp3) is 0.567. The molecule has 39 heavy (non-hydrogen) atoms. The molecule has 3 unspecified atom stereocenters. The number of furan rings is 1. The number of nitrogens with zero attached hydrogens (tertiary/aromatic N) is 2. The van der Waals surface area contributed by atoms with E-state index in [-0.39, 0.29) is 30.5 Å². The van der Waals surface area contributed by atoms with Gasteiger partial charge in [-0.05, 0) is 65.5 Å². The lowest BCUT2D eigenvalue weighted by atomic mass is 10.1. The number of aromatic nitrogens is 2. The van der Waals surface area contributed by atoms with Crippen LogP contribution in [0.3, 0.4) is 0 Å². The lowest BCUT2D eigenvalue weighted by molar-refractivity contribution is 0.0941. The first-order valence-electron chi connectivity index (χ1n) is 14.1. The average molecular weight is 570 g/mol. The molecule has 9 heteroatoms. The maximum Gasteiger partial charge on any atom is 0.208 e. The zero-order valence-electron chi connectivity index (χ0n) is 24.2. The maximum absolute atomic E-state index is 13.5. The number of carbonyl (C=O) groups is 1. The number of nitrogens with one attached hydrogen (secondary N) is 1. The van der Waals surface area contributed by atoms with E-state index in [2.05, 4.69) is 56.8 Å². The molecule has 4 rings (SSSR count). The van der Waals surface area contributed by atoms with Crippen LogP contribution in [0.2, 0.25) is 16.6 Å². The van der Waals surface area contributed by atoms with Gasteiger partial charge in [0.2, 0.25) is 14.1 Å². The van der Waals surface area contributed by atoms with Gasteiger partial charge in [0.25, 0.3) is 0 Å². The van der Waals surface area contributed by atoms with E-state index in [1.54, 1.807) is 6.20 Å². The van der Waals surface area contributed by atoms with Crippen molar-refractivity contribution >= 4 is 31.3 Å². The number of anilines is 1. The van der Waals surface area contributed by atoms with Crippen molar-refractivity contribution in [1.82, 2.24) is 9.97 Å². The van der Waals surface area contributed by atoms with Gasteiger partial charge in [-0.25, -0.2) is 9.97 Å². The van der Waals surface area contributed by atoms with Crippen LogP contribution in [0.15, 0.2) is 40.5 Å². The van der Waals surface area contributed by atoms with Crippen LogP contribution in [0.25, 0.3) is 0 Å². The number of hydrogen-bond acceptors (Lipinski definition) is 8. The van der Waals surface area contributed by atoms with Crippen molar-refractivity contribution in [2.24, 2.45) is 5.92 Å². The van der Waals surface area contributed by atoms with Gasteiger partial charge in [-0.15, -0.1) is 11.3 Å². The molecule has 0 radical (unpaired) electrons. The van der Waals surface area contributed by atoms with Gasteiger partial charge in [-0.1, -0.05) is 41.5 Å². The summed E-state index contributed by atoms with van der Waals surface area (Å²) in [5.41, 5.74) is 2.92. The van der Waals surface area contributed by atoms with E-state index < -0.39 is 8.32 Å². The molecule has 7 nitrogen and oxygen atoms in total. The Hall–Kier alpha value is -2.33. The molecule has 0 spiro atoms. The molecule has 1 saturated carbocycles. The molecule has 212 valence electrons. The van der Waals surface area contributed by atoms with Crippen LogP contribution in [0, 0.1) is 12.8 Å². The van der Waals surface area contributed by atoms with E-state index >= 15 is 0 Å². The van der Waals surface area contributed by atoms with Crippen molar-refractivity contribution in [3.63, 3.8) is 0 Å². The Labute approximate surface area is 237 Å². The molecule has 3 atom stereocenters. The monoisotopic (exact) mass is 569 g/mol. The van der Waals surface area contributed by atoms with Crippen molar-refractivity contribution in [1.29, 1.82) is 0 Å². The van der Waals surface area contributed by atoms with E-state index in [4.69, 9.17) is 8.84 Å². The third kappa shape index (κ3) is 6.37. The van der Waals surface area contributed by atoms with Crippen LogP contribution in [0.5, 0.6) is 0 Å². The molecule has 0 amide bonds. The first-order chi connectivity index (χ1) is 18.5. The molecule has 2 N–H and O–H groups in total. The zero-order valence-corrected chi connectivity index (χ0v) is 26.0. The van der Waals surface area contributed by atoms with Crippen molar-refractivity contribution in [2.75, 3.05) is 11.9 Å². The lowest BCUT2D eigenvalue weighted by Gasteiger charge is -2.45. The van der Waals surface area contributed by atoms with E-state index in [0.29, 0.717) is 39.3 Å². The van der Waals surface area contributed by atoms with Gasteiger partial charge in [0.15, 0.2) is 0 Å². The Morgan fingerprint density at radius 1 is 1.18 bits per heavy atom. The summed E-state index contributed by atoms with van der Waals surface area (Å²) >= 11 is 1.43. The minimum atomic E-state index is -2.09. The summed E-state index contributed by atoms with van der Waals surface area (Å²) in [6, 6.07) is 5.89. The molecule has 0 aliphatic heterocycles. The fourth-order valence-corrected chi connectivity index (χ4v) is 13.0. The molecule has 1 aliphatic rings. The zero-order chi connectivity index (χ0) is 28.3. The predicted octanol–water partition coefficient (Wildman–Crippen LogP) is 7.00. The third-order valence-corrected chi connectivity index (χ3v) is 15.4. The molecule has 0 bridgehead atoms. The van der Waals surface area contributed by atoms with Crippen molar-refractivity contribution in [2.45, 2.75) is 96.5 Å². The first-order valence-corrected chi connectivity index (χ1v) is 17.1. The molecule has 3 aromatic rings. The summed E-state index contributed by atoms with van der Waals surface area (Å²) in [4.78, 5) is 22.8. The van der Waals surface area contributed by atoms with Gasteiger partial charge in [0, 0.05) is 31.2 Å². The second kappa shape index (κ2) is 12.5. The van der Waals surface area contributed by atoms with Gasteiger partial charge in [0.1, 0.15) is 23.7 Å². The SMILES string of the molecule is Cc1ccc(Cc2csc(C(=O)c3cncnc3NC3CC(CO)C(O[Si](C(C)C)(C(C)C)C(C)C)C3)c2)o1. The second-order valence-corrected chi connectivity index (χ2v) is 18.2. The van der Waals surface area contributed by atoms with Gasteiger partial charge in [0.05, 0.1) is 16.5 Å². The number of aryl methyl sites for hydroxylation is 1. The number of rotatable bonds is 12. The molecule has 0 saturated heterocycles. The van der Waals surface area contributed by atoms with E-state index in [1.807, 2.05) is 30.5 Å². The van der Waals surface area contributed by atoms with Crippen LogP contribution >= 0.6 is 11.3 Å². The topological polar surface area (TPSA) is 97.5 Å². The van der Waals surface area contributed by atoms with Crippen LogP contribution in [-0.2, 0) is 10.8 Å². The Bertz CT molecular complexity index is 1230. The van der Waals surface area contributed by atoms with Gasteiger partial charge < -0.3 is 19.3 Å². The maximum atomic E-state index is 13.5. The smallest absolute Gasteiger partial charge is 0.208 e. The summed E-state index contributed by atoms with van der Waals surface area (Å²) in [5.74, 6) is 2.25. The van der Waals surface area contributed by atoms with Crippen LogP contribution in [-0.4, -0.2) is 47.9 Å². The number of hydrogen-bond donors (Lipinski definition) is 2. The van der Waals surface area contributed by atoms with Crippen molar-refractivity contribution in [3.8, 4) is 0 Å². The summed E-state index contributed by atoms with van der Waals surface area (Å²) in [7, 11) is -2.09. The Kier molecular flexibility index (Phi) is 9.47. The highest BCUT2D eigenvalue weighted by Gasteiger charge is 2.49. The second-order valence-electron chi connectivity index (χ2n) is 11.9. The number of aliphatic hydroxyl groups excluding tert-OH is 1. The van der Waals surface area contributed by atoms with Crippen LogP contribution < -0.4 is 5.32 Å².